The monoisotopic (exact) mass is 335 g/mol. The molecule has 1 atom stereocenters. The van der Waals surface area contributed by atoms with E-state index >= 15 is 0 Å². The molecule has 0 bridgehead atoms. The molecule has 0 fully saturated rings. The highest BCUT2D eigenvalue weighted by Crippen LogP contribution is 2.24. The Morgan fingerprint density at radius 2 is 2.09 bits per heavy atom. The minimum atomic E-state index is -0.359. The van der Waals surface area contributed by atoms with Crippen molar-refractivity contribution in [1.82, 2.24) is 15.1 Å². The Balaban J connectivity index is 1.97. The second kappa shape index (κ2) is 7.78. The van der Waals surface area contributed by atoms with E-state index in [1.807, 2.05) is 19.1 Å². The van der Waals surface area contributed by atoms with E-state index in [0.717, 1.165) is 4.68 Å². The van der Waals surface area contributed by atoms with Gasteiger partial charge in [0.1, 0.15) is 17.5 Å². The van der Waals surface area contributed by atoms with Gasteiger partial charge >= 0.3 is 0 Å². The molecule has 2 rings (SSSR count). The van der Waals surface area contributed by atoms with Gasteiger partial charge < -0.3 is 10.1 Å². The molecule has 0 radical (unpaired) electrons. The summed E-state index contributed by atoms with van der Waals surface area (Å²) >= 11 is 6.06. The first-order chi connectivity index (χ1) is 11.0. The molecule has 0 aliphatic heterocycles. The van der Waals surface area contributed by atoms with Gasteiger partial charge in [-0.3, -0.25) is 9.59 Å². The molecule has 0 spiro atoms. The summed E-state index contributed by atoms with van der Waals surface area (Å²) in [4.78, 5) is 23.4. The SMILES string of the molecule is CC[C@@H](CNC(=O)c1ccc(=O)n(C)n1)Oc1ccccc1Cl. The van der Waals surface area contributed by atoms with Crippen LogP contribution in [0.4, 0.5) is 0 Å². The second-order valence-electron chi connectivity index (χ2n) is 4.97. The fourth-order valence-electron chi connectivity index (χ4n) is 1.91. The lowest BCUT2D eigenvalue weighted by Gasteiger charge is -2.18. The van der Waals surface area contributed by atoms with E-state index in [1.165, 1.54) is 19.2 Å². The minimum absolute atomic E-state index is 0.180. The van der Waals surface area contributed by atoms with E-state index in [2.05, 4.69) is 10.4 Å². The van der Waals surface area contributed by atoms with Gasteiger partial charge in [-0.05, 0) is 24.6 Å². The zero-order valence-corrected chi connectivity index (χ0v) is 13.7. The van der Waals surface area contributed by atoms with Crippen molar-refractivity contribution in [1.29, 1.82) is 0 Å². The average molecular weight is 336 g/mol. The first kappa shape index (κ1) is 17.0. The van der Waals surface area contributed by atoms with Gasteiger partial charge in [-0.1, -0.05) is 30.7 Å². The molecule has 1 N–H and O–H groups in total. The molecule has 7 heteroatoms. The number of amides is 1. The van der Waals surface area contributed by atoms with Crippen LogP contribution >= 0.6 is 11.6 Å². The van der Waals surface area contributed by atoms with E-state index in [-0.39, 0.29) is 23.3 Å². The number of benzene rings is 1. The quantitative estimate of drug-likeness (QED) is 0.876. The van der Waals surface area contributed by atoms with Gasteiger partial charge in [-0.2, -0.15) is 5.10 Å². The van der Waals surface area contributed by atoms with Crippen molar-refractivity contribution >= 4 is 17.5 Å². The molecule has 6 nitrogen and oxygen atoms in total. The summed E-state index contributed by atoms with van der Waals surface area (Å²) in [6, 6.07) is 9.88. The highest BCUT2D eigenvalue weighted by atomic mass is 35.5. The highest BCUT2D eigenvalue weighted by Gasteiger charge is 2.14. The third-order valence-electron chi connectivity index (χ3n) is 3.27. The van der Waals surface area contributed by atoms with Crippen LogP contribution in [0.25, 0.3) is 0 Å². The van der Waals surface area contributed by atoms with Crippen molar-refractivity contribution < 1.29 is 9.53 Å². The molecule has 0 saturated heterocycles. The smallest absolute Gasteiger partial charge is 0.271 e. The lowest BCUT2D eigenvalue weighted by molar-refractivity contribution is 0.0919. The number of carbonyl (C=O) groups is 1. The van der Waals surface area contributed by atoms with Crippen molar-refractivity contribution in [2.45, 2.75) is 19.4 Å². The third-order valence-corrected chi connectivity index (χ3v) is 3.58. The van der Waals surface area contributed by atoms with Gasteiger partial charge in [0.05, 0.1) is 11.6 Å². The van der Waals surface area contributed by atoms with E-state index in [1.54, 1.807) is 12.1 Å². The number of nitrogens with one attached hydrogen (secondary N) is 1. The molecule has 0 aliphatic rings. The van der Waals surface area contributed by atoms with Crippen molar-refractivity contribution in [3.8, 4) is 5.75 Å². The number of hydrogen-bond donors (Lipinski definition) is 1. The van der Waals surface area contributed by atoms with Gasteiger partial charge in [0.2, 0.25) is 0 Å². The number of halogens is 1. The predicted octanol–water partition coefficient (Wildman–Crippen LogP) is 2.02. The first-order valence-corrected chi connectivity index (χ1v) is 7.62. The molecular formula is C16H18ClN3O3. The molecule has 0 unspecified atom stereocenters. The van der Waals surface area contributed by atoms with Crippen LogP contribution in [0.15, 0.2) is 41.2 Å². The Bertz CT molecular complexity index is 745. The minimum Gasteiger partial charge on any atom is -0.487 e. The van der Waals surface area contributed by atoms with Crippen LogP contribution in [-0.2, 0) is 7.05 Å². The van der Waals surface area contributed by atoms with Crippen molar-refractivity contribution in [3.63, 3.8) is 0 Å². The number of para-hydroxylation sites is 1. The number of ether oxygens (including phenoxy) is 1. The van der Waals surface area contributed by atoms with Crippen LogP contribution < -0.4 is 15.6 Å². The summed E-state index contributed by atoms with van der Waals surface area (Å²) in [5.41, 5.74) is -0.0882. The fourth-order valence-corrected chi connectivity index (χ4v) is 2.09. The van der Waals surface area contributed by atoms with Gasteiger partial charge in [0, 0.05) is 13.1 Å². The Labute approximate surface area is 139 Å². The van der Waals surface area contributed by atoms with Crippen LogP contribution in [0.2, 0.25) is 5.02 Å². The largest absolute Gasteiger partial charge is 0.487 e. The Kier molecular flexibility index (Phi) is 5.76. The average Bonchev–Trinajstić information content (AvgIpc) is 2.55. The lowest BCUT2D eigenvalue weighted by Crippen LogP contribution is -2.36. The third kappa shape index (κ3) is 4.56. The van der Waals surface area contributed by atoms with E-state index in [9.17, 15) is 9.59 Å². The maximum Gasteiger partial charge on any atom is 0.271 e. The Morgan fingerprint density at radius 3 is 2.74 bits per heavy atom. The molecule has 2 aromatic rings. The molecular weight excluding hydrogens is 318 g/mol. The Hall–Kier alpha value is -2.34. The second-order valence-corrected chi connectivity index (χ2v) is 5.38. The number of aromatic nitrogens is 2. The zero-order valence-electron chi connectivity index (χ0n) is 13.0. The molecule has 1 amide bonds. The predicted molar refractivity (Wildman–Crippen MR) is 88.0 cm³/mol. The van der Waals surface area contributed by atoms with Gasteiger partial charge in [-0.25, -0.2) is 4.68 Å². The summed E-state index contributed by atoms with van der Waals surface area (Å²) in [5, 5.41) is 7.18. The van der Waals surface area contributed by atoms with Gasteiger partial charge in [0.25, 0.3) is 11.5 Å². The molecule has 1 aromatic carbocycles. The van der Waals surface area contributed by atoms with Crippen LogP contribution in [-0.4, -0.2) is 28.3 Å². The highest BCUT2D eigenvalue weighted by molar-refractivity contribution is 6.32. The summed E-state index contributed by atoms with van der Waals surface area (Å²) in [6.07, 6.45) is 0.484. The summed E-state index contributed by atoms with van der Waals surface area (Å²) in [7, 11) is 1.49. The number of aryl methyl sites for hydroxylation is 1. The number of rotatable bonds is 6. The standard InChI is InChI=1S/C16H18ClN3O3/c1-3-11(23-14-7-5-4-6-12(14)17)10-18-16(22)13-8-9-15(21)20(2)19-13/h4-9,11H,3,10H2,1-2H3,(H,18,22)/t11-/m0/s1. The Morgan fingerprint density at radius 1 is 1.35 bits per heavy atom. The van der Waals surface area contributed by atoms with Crippen LogP contribution in [0.3, 0.4) is 0 Å². The molecule has 1 heterocycles. The van der Waals surface area contributed by atoms with Crippen LogP contribution in [0, 0.1) is 0 Å². The maximum atomic E-state index is 12.1. The maximum absolute atomic E-state index is 12.1. The zero-order chi connectivity index (χ0) is 16.8. The topological polar surface area (TPSA) is 73.2 Å². The first-order valence-electron chi connectivity index (χ1n) is 7.25. The molecule has 0 aliphatic carbocycles. The molecule has 0 saturated carbocycles. The number of carbonyl (C=O) groups excluding carboxylic acids is 1. The molecule has 23 heavy (non-hydrogen) atoms. The summed E-state index contributed by atoms with van der Waals surface area (Å²) < 4.78 is 6.92. The van der Waals surface area contributed by atoms with E-state index in [0.29, 0.717) is 23.7 Å². The van der Waals surface area contributed by atoms with Gasteiger partial charge in [0.15, 0.2) is 0 Å². The molecule has 1 aromatic heterocycles. The van der Waals surface area contributed by atoms with E-state index in [4.69, 9.17) is 16.3 Å². The van der Waals surface area contributed by atoms with Crippen LogP contribution in [0.5, 0.6) is 5.75 Å². The van der Waals surface area contributed by atoms with Gasteiger partial charge in [-0.15, -0.1) is 0 Å². The molecule has 122 valence electrons. The van der Waals surface area contributed by atoms with Crippen molar-refractivity contribution in [2.24, 2.45) is 7.05 Å². The summed E-state index contributed by atoms with van der Waals surface area (Å²) in [5.74, 6) is 0.220. The van der Waals surface area contributed by atoms with E-state index < -0.39 is 0 Å². The summed E-state index contributed by atoms with van der Waals surface area (Å²) in [6.45, 7) is 2.27. The van der Waals surface area contributed by atoms with Crippen molar-refractivity contribution in [3.05, 3.63) is 57.5 Å². The lowest BCUT2D eigenvalue weighted by atomic mass is 10.2. The fraction of sp³-hybridized carbons (Fsp3) is 0.312. The normalized spacial score (nSPS) is 11.8. The number of nitrogens with zero attached hydrogens (tertiary/aromatic N) is 2. The van der Waals surface area contributed by atoms with Crippen LogP contribution in [0.1, 0.15) is 23.8 Å². The van der Waals surface area contributed by atoms with Crippen molar-refractivity contribution in [2.75, 3.05) is 6.54 Å². The number of hydrogen-bond acceptors (Lipinski definition) is 4.